The van der Waals surface area contributed by atoms with E-state index in [1.165, 1.54) is 0 Å². The molecule has 2 N–H and O–H groups in total. The number of rotatable bonds is 4. The molecule has 0 unspecified atom stereocenters. The van der Waals surface area contributed by atoms with Gasteiger partial charge in [-0.05, 0) is 23.9 Å². The summed E-state index contributed by atoms with van der Waals surface area (Å²) in [7, 11) is 0. The van der Waals surface area contributed by atoms with Crippen LogP contribution in [0.1, 0.15) is 5.56 Å². The van der Waals surface area contributed by atoms with Crippen LogP contribution in [0.4, 0.5) is 4.79 Å². The van der Waals surface area contributed by atoms with Crippen molar-refractivity contribution in [1.82, 2.24) is 5.32 Å². The predicted molar refractivity (Wildman–Crippen MR) is 76.3 cm³/mol. The average Bonchev–Trinajstić information content (AvgIpc) is 2.67. The maximum absolute atomic E-state index is 11.2. The molecule has 98 valence electrons. The van der Waals surface area contributed by atoms with Crippen molar-refractivity contribution >= 4 is 46.3 Å². The molecular formula is C12H9NO4S2. The van der Waals surface area contributed by atoms with Crippen molar-refractivity contribution in [3.8, 4) is 5.75 Å². The summed E-state index contributed by atoms with van der Waals surface area (Å²) < 4.78 is 5.17. The van der Waals surface area contributed by atoms with Crippen LogP contribution in [0.3, 0.4) is 0 Å². The highest BCUT2D eigenvalue weighted by atomic mass is 32.2. The first-order chi connectivity index (χ1) is 9.06. The first-order valence-electron chi connectivity index (χ1n) is 5.25. The number of thiocarbonyl (C=S) groups is 1. The van der Waals surface area contributed by atoms with Gasteiger partial charge < -0.3 is 15.2 Å². The number of hydrogen-bond donors (Lipinski definition) is 2. The van der Waals surface area contributed by atoms with Gasteiger partial charge in [0.1, 0.15) is 10.7 Å². The van der Waals surface area contributed by atoms with Gasteiger partial charge in [0, 0.05) is 5.56 Å². The normalized spacial score (nSPS) is 16.5. The molecule has 2 rings (SSSR count). The van der Waals surface area contributed by atoms with Crippen LogP contribution < -0.4 is 10.1 Å². The minimum atomic E-state index is -1.05. The number of carbonyl (C=O) groups is 2. The average molecular weight is 295 g/mol. The van der Waals surface area contributed by atoms with E-state index in [1.54, 1.807) is 30.3 Å². The number of hydrogen-bond acceptors (Lipinski definition) is 5. The van der Waals surface area contributed by atoms with Gasteiger partial charge in [0.05, 0.1) is 4.91 Å². The number of para-hydroxylation sites is 1. The lowest BCUT2D eigenvalue weighted by Gasteiger charge is -2.07. The fourth-order valence-corrected chi connectivity index (χ4v) is 2.46. The van der Waals surface area contributed by atoms with E-state index in [9.17, 15) is 9.59 Å². The Labute approximate surface area is 118 Å². The van der Waals surface area contributed by atoms with E-state index in [0.717, 1.165) is 11.8 Å². The Morgan fingerprint density at radius 2 is 2.21 bits per heavy atom. The molecule has 5 nitrogen and oxygen atoms in total. The fourth-order valence-electron chi connectivity index (χ4n) is 1.43. The summed E-state index contributed by atoms with van der Waals surface area (Å²) in [5.41, 5.74) is 0.671. The minimum absolute atomic E-state index is 0.222. The van der Waals surface area contributed by atoms with Crippen molar-refractivity contribution in [2.75, 3.05) is 6.61 Å². The number of carboxylic acid groups (broad SMARTS) is 1. The summed E-state index contributed by atoms with van der Waals surface area (Å²) >= 11 is 6.01. The summed E-state index contributed by atoms with van der Waals surface area (Å²) in [6.07, 6.45) is 1.70. The Morgan fingerprint density at radius 3 is 2.84 bits per heavy atom. The van der Waals surface area contributed by atoms with Crippen LogP contribution in [-0.4, -0.2) is 27.9 Å². The molecule has 0 saturated carbocycles. The molecule has 1 aromatic carbocycles. The van der Waals surface area contributed by atoms with Gasteiger partial charge in [0.15, 0.2) is 6.61 Å². The number of nitrogens with one attached hydrogen (secondary N) is 1. The third-order valence-corrected chi connectivity index (χ3v) is 3.48. The topological polar surface area (TPSA) is 75.6 Å². The Balaban J connectivity index is 2.25. The highest BCUT2D eigenvalue weighted by Crippen LogP contribution is 2.29. The lowest BCUT2D eigenvalue weighted by Crippen LogP contribution is -2.15. The SMILES string of the molecule is O=C(O)COc1ccccc1C=C1SC(=O)NC1=S. The molecule has 0 aliphatic carbocycles. The molecule has 1 heterocycles. The van der Waals surface area contributed by atoms with Crippen LogP contribution in [-0.2, 0) is 4.79 Å². The number of benzene rings is 1. The number of aliphatic carboxylic acids is 1. The zero-order valence-corrected chi connectivity index (χ0v) is 11.2. The third-order valence-electron chi connectivity index (χ3n) is 2.20. The highest BCUT2D eigenvalue weighted by molar-refractivity contribution is 8.19. The molecule has 0 atom stereocenters. The van der Waals surface area contributed by atoms with Gasteiger partial charge in [-0.25, -0.2) is 4.79 Å². The Morgan fingerprint density at radius 1 is 1.47 bits per heavy atom. The number of carbonyl (C=O) groups excluding carboxylic acids is 1. The molecule has 1 aromatic rings. The second-order valence-corrected chi connectivity index (χ2v) is 5.00. The van der Waals surface area contributed by atoms with E-state index in [-0.39, 0.29) is 5.24 Å². The van der Waals surface area contributed by atoms with Crippen molar-refractivity contribution in [2.24, 2.45) is 0 Å². The van der Waals surface area contributed by atoms with Crippen molar-refractivity contribution in [3.63, 3.8) is 0 Å². The molecule has 1 amide bonds. The molecule has 1 saturated heterocycles. The van der Waals surface area contributed by atoms with E-state index in [4.69, 9.17) is 22.1 Å². The van der Waals surface area contributed by atoms with Crippen LogP contribution >= 0.6 is 24.0 Å². The van der Waals surface area contributed by atoms with Gasteiger partial charge in [-0.1, -0.05) is 30.4 Å². The van der Waals surface area contributed by atoms with Gasteiger partial charge in [0.2, 0.25) is 0 Å². The van der Waals surface area contributed by atoms with Crippen molar-refractivity contribution in [2.45, 2.75) is 0 Å². The molecule has 0 aromatic heterocycles. The number of ether oxygens (including phenoxy) is 1. The predicted octanol–water partition coefficient (Wildman–Crippen LogP) is 2.27. The second-order valence-electron chi connectivity index (χ2n) is 3.57. The monoisotopic (exact) mass is 295 g/mol. The van der Waals surface area contributed by atoms with Gasteiger partial charge >= 0.3 is 5.97 Å². The molecule has 1 aliphatic heterocycles. The largest absolute Gasteiger partial charge is 0.481 e. The lowest BCUT2D eigenvalue weighted by atomic mass is 10.2. The maximum atomic E-state index is 11.2. The number of thioether (sulfide) groups is 1. The van der Waals surface area contributed by atoms with E-state index < -0.39 is 12.6 Å². The summed E-state index contributed by atoms with van der Waals surface area (Å²) in [6, 6.07) is 6.95. The maximum Gasteiger partial charge on any atom is 0.341 e. The number of amides is 1. The summed E-state index contributed by atoms with van der Waals surface area (Å²) in [6.45, 7) is -0.422. The standard InChI is InChI=1S/C12H9NO4S2/c14-10(15)6-17-8-4-2-1-3-7(8)5-9-11(18)13-12(16)19-9/h1-5H,6H2,(H,14,15)(H,13,16,18). The van der Waals surface area contributed by atoms with Crippen LogP contribution in [0, 0.1) is 0 Å². The van der Waals surface area contributed by atoms with E-state index in [1.807, 2.05) is 0 Å². The zero-order valence-electron chi connectivity index (χ0n) is 9.58. The highest BCUT2D eigenvalue weighted by Gasteiger charge is 2.21. The summed E-state index contributed by atoms with van der Waals surface area (Å²) in [5, 5.41) is 10.9. The lowest BCUT2D eigenvalue weighted by molar-refractivity contribution is -0.139. The fraction of sp³-hybridized carbons (Fsp3) is 0.0833. The molecule has 0 spiro atoms. The smallest absolute Gasteiger partial charge is 0.341 e. The van der Waals surface area contributed by atoms with Gasteiger partial charge in [-0.3, -0.25) is 4.79 Å². The molecule has 0 radical (unpaired) electrons. The number of carboxylic acids is 1. The third kappa shape index (κ3) is 3.55. The van der Waals surface area contributed by atoms with Gasteiger partial charge in [-0.15, -0.1) is 0 Å². The molecule has 7 heteroatoms. The van der Waals surface area contributed by atoms with Crippen LogP contribution in [0.5, 0.6) is 5.75 Å². The van der Waals surface area contributed by atoms with Gasteiger partial charge in [-0.2, -0.15) is 0 Å². The second kappa shape index (κ2) is 5.85. The van der Waals surface area contributed by atoms with Crippen molar-refractivity contribution < 1.29 is 19.4 Å². The van der Waals surface area contributed by atoms with E-state index in [2.05, 4.69) is 5.32 Å². The van der Waals surface area contributed by atoms with Crippen LogP contribution in [0.2, 0.25) is 0 Å². The van der Waals surface area contributed by atoms with Crippen LogP contribution in [0.25, 0.3) is 6.08 Å². The zero-order chi connectivity index (χ0) is 13.8. The Hall–Kier alpha value is -1.86. The van der Waals surface area contributed by atoms with E-state index >= 15 is 0 Å². The molecule has 19 heavy (non-hydrogen) atoms. The first kappa shape index (κ1) is 13.6. The first-order valence-corrected chi connectivity index (χ1v) is 6.47. The van der Waals surface area contributed by atoms with Gasteiger partial charge in [0.25, 0.3) is 5.24 Å². The Kier molecular flexibility index (Phi) is 4.18. The van der Waals surface area contributed by atoms with Crippen molar-refractivity contribution in [3.05, 3.63) is 34.7 Å². The summed E-state index contributed by atoms with van der Waals surface area (Å²) in [4.78, 5) is 22.7. The minimum Gasteiger partial charge on any atom is -0.481 e. The molecule has 1 aliphatic rings. The molecular weight excluding hydrogens is 286 g/mol. The van der Waals surface area contributed by atoms with E-state index in [0.29, 0.717) is 21.2 Å². The molecule has 1 fully saturated rings. The quantitative estimate of drug-likeness (QED) is 0.655. The van der Waals surface area contributed by atoms with Crippen molar-refractivity contribution in [1.29, 1.82) is 0 Å². The Bertz CT molecular complexity index is 583. The summed E-state index contributed by atoms with van der Waals surface area (Å²) in [5.74, 6) is -0.620. The van der Waals surface area contributed by atoms with Crippen LogP contribution in [0.15, 0.2) is 29.2 Å². The molecule has 0 bridgehead atoms.